The van der Waals surface area contributed by atoms with E-state index in [1.165, 1.54) is 26.3 Å². The highest BCUT2D eigenvalue weighted by Crippen LogP contribution is 2.21. The van der Waals surface area contributed by atoms with Crippen LogP contribution in [0.4, 0.5) is 5.69 Å². The molecule has 7 heteroatoms. The van der Waals surface area contributed by atoms with Gasteiger partial charge in [-0.15, -0.1) is 0 Å². The molecule has 0 saturated heterocycles. The van der Waals surface area contributed by atoms with E-state index in [9.17, 15) is 13.2 Å². The molecule has 3 aromatic rings. The highest BCUT2D eigenvalue weighted by Gasteiger charge is 2.24. The number of rotatable bonds is 8. The monoisotopic (exact) mass is 424 g/mol. The Kier molecular flexibility index (Phi) is 6.99. The molecule has 0 unspecified atom stereocenters. The smallest absolute Gasteiger partial charge is 0.264 e. The van der Waals surface area contributed by atoms with Crippen molar-refractivity contribution in [3.8, 4) is 0 Å². The van der Waals surface area contributed by atoms with Crippen LogP contribution >= 0.6 is 0 Å². The first-order valence-electron chi connectivity index (χ1n) is 9.47. The molecule has 6 nitrogen and oxygen atoms in total. The Balaban J connectivity index is 1.92. The minimum atomic E-state index is -3.85. The van der Waals surface area contributed by atoms with Gasteiger partial charge in [0.2, 0.25) is 0 Å². The molecule has 1 amide bonds. The van der Waals surface area contributed by atoms with Crippen molar-refractivity contribution in [1.82, 2.24) is 4.47 Å². The third-order valence-electron chi connectivity index (χ3n) is 4.75. The van der Waals surface area contributed by atoms with Crippen molar-refractivity contribution in [3.63, 3.8) is 0 Å². The maximum absolute atomic E-state index is 13.4. The van der Waals surface area contributed by atoms with E-state index in [1.807, 2.05) is 60.7 Å². The summed E-state index contributed by atoms with van der Waals surface area (Å²) in [7, 11) is -1.27. The van der Waals surface area contributed by atoms with Crippen LogP contribution in [0.1, 0.15) is 15.9 Å². The maximum atomic E-state index is 13.4. The molecule has 156 valence electrons. The van der Waals surface area contributed by atoms with Crippen molar-refractivity contribution in [3.05, 3.63) is 96.1 Å². The van der Waals surface area contributed by atoms with Crippen LogP contribution in [0, 0.1) is 0 Å². The lowest BCUT2D eigenvalue weighted by molar-refractivity contribution is -0.0258. The van der Waals surface area contributed by atoms with Crippen LogP contribution in [0.25, 0.3) is 0 Å². The molecule has 0 bridgehead atoms. The van der Waals surface area contributed by atoms with Gasteiger partial charge in [0.25, 0.3) is 15.9 Å². The van der Waals surface area contributed by atoms with Gasteiger partial charge in [-0.2, -0.15) is 0 Å². The molecule has 0 aliphatic carbocycles. The maximum Gasteiger partial charge on any atom is 0.264 e. The first-order chi connectivity index (χ1) is 14.4. The lowest BCUT2D eigenvalue weighted by Crippen LogP contribution is -2.33. The lowest BCUT2D eigenvalue weighted by atomic mass is 10.1. The Morgan fingerprint density at radius 1 is 0.900 bits per heavy atom. The number of carbonyl (C=O) groups is 1. The molecule has 3 rings (SSSR count). The molecule has 0 spiro atoms. The van der Waals surface area contributed by atoms with Crippen molar-refractivity contribution in [1.29, 1.82) is 0 Å². The van der Waals surface area contributed by atoms with Gasteiger partial charge in [0.15, 0.2) is 0 Å². The summed E-state index contributed by atoms with van der Waals surface area (Å²) in [5, 5.41) is 0. The third-order valence-corrected chi connectivity index (χ3v) is 6.43. The molecule has 0 radical (unpaired) electrons. The Labute approximate surface area is 177 Å². The minimum absolute atomic E-state index is 0.00577. The zero-order chi connectivity index (χ0) is 21.6. The molecule has 0 saturated carbocycles. The fraction of sp³-hybridized carbons (Fsp3) is 0.174. The van der Waals surface area contributed by atoms with Crippen LogP contribution < -0.4 is 4.90 Å². The van der Waals surface area contributed by atoms with Crippen LogP contribution in [0.5, 0.6) is 0 Å². The van der Waals surface area contributed by atoms with Crippen LogP contribution in [-0.4, -0.2) is 39.5 Å². The molecule has 0 fully saturated rings. The molecule has 0 atom stereocenters. The Hall–Kier alpha value is -3.00. The highest BCUT2D eigenvalue weighted by atomic mass is 32.2. The van der Waals surface area contributed by atoms with E-state index in [4.69, 9.17) is 4.84 Å². The second-order valence-corrected chi connectivity index (χ2v) is 8.59. The van der Waals surface area contributed by atoms with Crippen LogP contribution in [-0.2, 0) is 21.3 Å². The van der Waals surface area contributed by atoms with Crippen LogP contribution in [0.3, 0.4) is 0 Å². The zero-order valence-corrected chi connectivity index (χ0v) is 17.7. The number of amides is 1. The molecule has 3 aromatic carbocycles. The molecular weight excluding hydrogens is 400 g/mol. The van der Waals surface area contributed by atoms with Gasteiger partial charge in [-0.1, -0.05) is 59.1 Å². The number of hydrogen-bond acceptors (Lipinski definition) is 4. The van der Waals surface area contributed by atoms with Crippen LogP contribution in [0.15, 0.2) is 89.8 Å². The van der Waals surface area contributed by atoms with E-state index in [-0.39, 0.29) is 16.4 Å². The SMILES string of the molecule is CON(C)S(=O)(=O)c1cccc(C(=O)N(CCc2ccccc2)c2ccccc2)c1. The Morgan fingerprint density at radius 3 is 2.17 bits per heavy atom. The van der Waals surface area contributed by atoms with E-state index in [2.05, 4.69) is 0 Å². The number of hydrogen-bond donors (Lipinski definition) is 0. The van der Waals surface area contributed by atoms with E-state index >= 15 is 0 Å². The summed E-state index contributed by atoms with van der Waals surface area (Å²) in [6, 6.07) is 25.3. The number of para-hydroxylation sites is 1. The normalized spacial score (nSPS) is 11.4. The van der Waals surface area contributed by atoms with Gasteiger partial charge >= 0.3 is 0 Å². The molecule has 0 aliphatic heterocycles. The number of nitrogens with zero attached hydrogens (tertiary/aromatic N) is 2. The standard InChI is InChI=1S/C23H24N2O4S/c1-24(29-2)30(27,28)22-15-9-12-20(18-22)23(26)25(21-13-7-4-8-14-21)17-16-19-10-5-3-6-11-19/h3-15,18H,16-17H2,1-2H3. The topological polar surface area (TPSA) is 66.9 Å². The molecule has 30 heavy (non-hydrogen) atoms. The van der Waals surface area contributed by atoms with E-state index in [0.717, 1.165) is 15.7 Å². The number of benzene rings is 3. The van der Waals surface area contributed by atoms with Crippen molar-refractivity contribution >= 4 is 21.6 Å². The van der Waals surface area contributed by atoms with Crippen molar-refractivity contribution < 1.29 is 18.0 Å². The highest BCUT2D eigenvalue weighted by molar-refractivity contribution is 7.89. The van der Waals surface area contributed by atoms with Crippen molar-refractivity contribution in [2.45, 2.75) is 11.3 Å². The van der Waals surface area contributed by atoms with E-state index in [0.29, 0.717) is 13.0 Å². The molecule has 0 aromatic heterocycles. The third kappa shape index (κ3) is 4.94. The fourth-order valence-electron chi connectivity index (χ4n) is 3.03. The van der Waals surface area contributed by atoms with E-state index in [1.54, 1.807) is 17.0 Å². The van der Waals surface area contributed by atoms with Gasteiger partial charge in [0.05, 0.1) is 12.0 Å². The quantitative estimate of drug-likeness (QED) is 0.517. The summed E-state index contributed by atoms with van der Waals surface area (Å²) in [5.74, 6) is -0.269. The molecule has 0 aliphatic rings. The molecule has 0 N–H and O–H groups in total. The van der Waals surface area contributed by atoms with Gasteiger partial charge in [-0.3, -0.25) is 9.63 Å². The van der Waals surface area contributed by atoms with Gasteiger partial charge in [0, 0.05) is 24.8 Å². The minimum Gasteiger partial charge on any atom is -0.308 e. The number of sulfonamides is 1. The Morgan fingerprint density at radius 2 is 1.53 bits per heavy atom. The molecule has 0 heterocycles. The van der Waals surface area contributed by atoms with Crippen LogP contribution in [0.2, 0.25) is 0 Å². The molecular formula is C23H24N2O4S. The predicted octanol–water partition coefficient (Wildman–Crippen LogP) is 3.76. The van der Waals surface area contributed by atoms with Gasteiger partial charge in [0.1, 0.15) is 0 Å². The largest absolute Gasteiger partial charge is 0.308 e. The second kappa shape index (κ2) is 9.67. The predicted molar refractivity (Wildman–Crippen MR) is 117 cm³/mol. The van der Waals surface area contributed by atoms with Crippen molar-refractivity contribution in [2.75, 3.05) is 25.6 Å². The summed E-state index contributed by atoms with van der Waals surface area (Å²) in [6.07, 6.45) is 0.672. The summed E-state index contributed by atoms with van der Waals surface area (Å²) < 4.78 is 25.9. The summed E-state index contributed by atoms with van der Waals surface area (Å²) in [4.78, 5) is 19.9. The average Bonchev–Trinajstić information content (AvgIpc) is 2.80. The summed E-state index contributed by atoms with van der Waals surface area (Å²) >= 11 is 0. The first-order valence-corrected chi connectivity index (χ1v) is 10.9. The van der Waals surface area contributed by atoms with Gasteiger partial charge in [-0.25, -0.2) is 8.42 Å². The van der Waals surface area contributed by atoms with Gasteiger partial charge in [-0.05, 0) is 42.3 Å². The summed E-state index contributed by atoms with van der Waals surface area (Å²) in [6.45, 7) is 0.460. The zero-order valence-electron chi connectivity index (χ0n) is 16.9. The Bertz CT molecular complexity index is 1090. The average molecular weight is 425 g/mol. The first kappa shape index (κ1) is 21.7. The number of hydroxylamine groups is 1. The number of carbonyl (C=O) groups excluding carboxylic acids is 1. The summed E-state index contributed by atoms with van der Waals surface area (Å²) in [5.41, 5.74) is 2.16. The van der Waals surface area contributed by atoms with E-state index < -0.39 is 10.0 Å². The van der Waals surface area contributed by atoms with Gasteiger partial charge < -0.3 is 4.90 Å². The number of anilines is 1. The second-order valence-electron chi connectivity index (χ2n) is 6.65. The lowest BCUT2D eigenvalue weighted by Gasteiger charge is -2.23. The fourth-order valence-corrected chi connectivity index (χ4v) is 4.05. The van der Waals surface area contributed by atoms with Crippen molar-refractivity contribution in [2.24, 2.45) is 0 Å².